The van der Waals surface area contributed by atoms with E-state index in [0.29, 0.717) is 24.0 Å². The molecule has 0 amide bonds. The number of rotatable bonds is 6. The highest BCUT2D eigenvalue weighted by atomic mass is 16.5. The molecule has 0 saturated carbocycles. The number of aliphatic hydroxyl groups is 1. The highest BCUT2D eigenvalue weighted by molar-refractivity contribution is 5.69. The van der Waals surface area contributed by atoms with Crippen LogP contribution >= 0.6 is 0 Å². The smallest absolute Gasteiger partial charge is 0.308 e. The van der Waals surface area contributed by atoms with E-state index in [2.05, 4.69) is 4.90 Å². The molecule has 2 heterocycles. The van der Waals surface area contributed by atoms with E-state index in [1.54, 1.807) is 12.3 Å². The summed E-state index contributed by atoms with van der Waals surface area (Å²) in [7, 11) is 0. The molecule has 5 heteroatoms. The van der Waals surface area contributed by atoms with Crippen LogP contribution in [0, 0.1) is 0 Å². The summed E-state index contributed by atoms with van der Waals surface area (Å²) >= 11 is 0. The summed E-state index contributed by atoms with van der Waals surface area (Å²) in [5.41, 5.74) is 1.17. The number of nitrogens with zero attached hydrogens (tertiary/aromatic N) is 1. The molecule has 1 saturated heterocycles. The number of hydrogen-bond acceptors (Lipinski definition) is 5. The van der Waals surface area contributed by atoms with Crippen LogP contribution in [0.2, 0.25) is 0 Å². The Kier molecular flexibility index (Phi) is 5.33. The minimum atomic E-state index is -0.558. The molecule has 1 aliphatic rings. The number of esters is 1. The van der Waals surface area contributed by atoms with Gasteiger partial charge in [0.15, 0.2) is 0 Å². The Labute approximate surface area is 141 Å². The number of likely N-dealkylation sites (tertiary alicyclic amines) is 1. The normalized spacial score (nSPS) is 19.3. The maximum absolute atomic E-state index is 11.0. The molecular weight excluding hydrogens is 306 g/mol. The lowest BCUT2D eigenvalue weighted by atomic mass is 10.0. The van der Waals surface area contributed by atoms with E-state index in [0.717, 1.165) is 25.9 Å². The van der Waals surface area contributed by atoms with Crippen LogP contribution < -0.4 is 4.74 Å². The first-order valence-corrected chi connectivity index (χ1v) is 8.34. The molecule has 1 aliphatic heterocycles. The Morgan fingerprint density at radius 1 is 1.38 bits per heavy atom. The summed E-state index contributed by atoms with van der Waals surface area (Å²) in [5, 5.41) is 10.3. The van der Waals surface area contributed by atoms with Gasteiger partial charge in [-0.05, 0) is 55.6 Å². The molecule has 2 atom stereocenters. The van der Waals surface area contributed by atoms with E-state index in [4.69, 9.17) is 9.15 Å². The molecule has 24 heavy (non-hydrogen) atoms. The highest BCUT2D eigenvalue weighted by Gasteiger charge is 2.27. The van der Waals surface area contributed by atoms with Crippen molar-refractivity contribution < 1.29 is 19.1 Å². The van der Waals surface area contributed by atoms with Gasteiger partial charge in [0.1, 0.15) is 17.6 Å². The second-order valence-corrected chi connectivity index (χ2v) is 6.27. The molecule has 128 valence electrons. The summed E-state index contributed by atoms with van der Waals surface area (Å²) < 4.78 is 10.4. The molecule has 1 aromatic heterocycles. The molecule has 0 radical (unpaired) electrons. The lowest BCUT2D eigenvalue weighted by Gasteiger charge is -2.26. The first kappa shape index (κ1) is 16.7. The van der Waals surface area contributed by atoms with Crippen molar-refractivity contribution in [3.05, 3.63) is 54.0 Å². The van der Waals surface area contributed by atoms with Gasteiger partial charge in [-0.15, -0.1) is 0 Å². The standard InChI is InChI=1S/C19H23NO4/c1-14(21)24-17-8-6-15(7-9-17)13-20-10-2-4-16(20)12-18(22)19-5-3-11-23-19/h3,5-9,11,16,18,22H,2,4,10,12-13H2,1H3. The van der Waals surface area contributed by atoms with Gasteiger partial charge in [0.05, 0.1) is 6.26 Å². The van der Waals surface area contributed by atoms with Crippen molar-refractivity contribution in [3.63, 3.8) is 0 Å². The predicted molar refractivity (Wildman–Crippen MR) is 89.5 cm³/mol. The fourth-order valence-electron chi connectivity index (χ4n) is 3.29. The van der Waals surface area contributed by atoms with E-state index in [-0.39, 0.29) is 5.97 Å². The average molecular weight is 329 g/mol. The van der Waals surface area contributed by atoms with Crippen LogP contribution in [0.1, 0.15) is 43.6 Å². The SMILES string of the molecule is CC(=O)Oc1ccc(CN2CCCC2CC(O)c2ccco2)cc1. The molecule has 0 spiro atoms. The van der Waals surface area contributed by atoms with Gasteiger partial charge in [0.2, 0.25) is 0 Å². The number of hydrogen-bond donors (Lipinski definition) is 1. The Balaban J connectivity index is 1.58. The van der Waals surface area contributed by atoms with Crippen molar-refractivity contribution >= 4 is 5.97 Å². The van der Waals surface area contributed by atoms with Crippen LogP contribution in [0.15, 0.2) is 47.1 Å². The monoisotopic (exact) mass is 329 g/mol. The lowest BCUT2D eigenvalue weighted by Crippen LogP contribution is -2.30. The van der Waals surface area contributed by atoms with Crippen molar-refractivity contribution in [2.45, 2.75) is 44.9 Å². The van der Waals surface area contributed by atoms with Gasteiger partial charge in [-0.1, -0.05) is 12.1 Å². The van der Waals surface area contributed by atoms with Crippen molar-refractivity contribution in [3.8, 4) is 5.75 Å². The van der Waals surface area contributed by atoms with Crippen LogP contribution in [-0.4, -0.2) is 28.6 Å². The molecule has 1 aromatic carbocycles. The second-order valence-electron chi connectivity index (χ2n) is 6.27. The Morgan fingerprint density at radius 3 is 2.83 bits per heavy atom. The topological polar surface area (TPSA) is 62.9 Å². The summed E-state index contributed by atoms with van der Waals surface area (Å²) in [6.45, 7) is 3.25. The van der Waals surface area contributed by atoms with Gasteiger partial charge in [0.25, 0.3) is 0 Å². The minimum Gasteiger partial charge on any atom is -0.467 e. The van der Waals surface area contributed by atoms with Gasteiger partial charge >= 0.3 is 5.97 Å². The second kappa shape index (κ2) is 7.64. The Morgan fingerprint density at radius 2 is 2.17 bits per heavy atom. The molecule has 0 aliphatic carbocycles. The first-order chi connectivity index (χ1) is 11.6. The third-order valence-corrected chi connectivity index (χ3v) is 4.44. The van der Waals surface area contributed by atoms with E-state index < -0.39 is 6.10 Å². The highest BCUT2D eigenvalue weighted by Crippen LogP contribution is 2.29. The average Bonchev–Trinajstić information content (AvgIpc) is 3.21. The maximum atomic E-state index is 11.0. The van der Waals surface area contributed by atoms with Crippen molar-refractivity contribution in [2.24, 2.45) is 0 Å². The number of furan rings is 1. The zero-order valence-electron chi connectivity index (χ0n) is 13.9. The van der Waals surface area contributed by atoms with Gasteiger partial charge in [-0.25, -0.2) is 0 Å². The molecule has 1 fully saturated rings. The van der Waals surface area contributed by atoms with Crippen molar-refractivity contribution in [2.75, 3.05) is 6.54 Å². The number of benzene rings is 1. The molecule has 1 N–H and O–H groups in total. The quantitative estimate of drug-likeness (QED) is 0.651. The van der Waals surface area contributed by atoms with Crippen molar-refractivity contribution in [1.29, 1.82) is 0 Å². The molecule has 3 rings (SSSR count). The van der Waals surface area contributed by atoms with Crippen LogP contribution in [-0.2, 0) is 11.3 Å². The van der Waals surface area contributed by atoms with Gasteiger partial charge in [0, 0.05) is 19.5 Å². The Hall–Kier alpha value is -2.11. The third kappa shape index (κ3) is 4.24. The number of carbonyl (C=O) groups excluding carboxylic acids is 1. The van der Waals surface area contributed by atoms with Gasteiger partial charge in [-0.2, -0.15) is 0 Å². The predicted octanol–water partition coefficient (Wildman–Crippen LogP) is 3.29. The Bertz CT molecular complexity index is 651. The fourth-order valence-corrected chi connectivity index (χ4v) is 3.29. The van der Waals surface area contributed by atoms with E-state index in [1.165, 1.54) is 12.5 Å². The van der Waals surface area contributed by atoms with Crippen LogP contribution in [0.5, 0.6) is 5.75 Å². The number of ether oxygens (including phenoxy) is 1. The largest absolute Gasteiger partial charge is 0.467 e. The summed E-state index contributed by atoms with van der Waals surface area (Å²) in [6, 6.07) is 11.6. The van der Waals surface area contributed by atoms with Crippen LogP contribution in [0.25, 0.3) is 0 Å². The molecule has 5 nitrogen and oxygen atoms in total. The fraction of sp³-hybridized carbons (Fsp3) is 0.421. The van der Waals surface area contributed by atoms with Crippen LogP contribution in [0.4, 0.5) is 0 Å². The van der Waals surface area contributed by atoms with Crippen LogP contribution in [0.3, 0.4) is 0 Å². The summed E-state index contributed by atoms with van der Waals surface area (Å²) in [4.78, 5) is 13.4. The molecule has 2 unspecified atom stereocenters. The van der Waals surface area contributed by atoms with E-state index >= 15 is 0 Å². The van der Waals surface area contributed by atoms with Crippen molar-refractivity contribution in [1.82, 2.24) is 4.90 Å². The maximum Gasteiger partial charge on any atom is 0.308 e. The first-order valence-electron chi connectivity index (χ1n) is 8.34. The lowest BCUT2D eigenvalue weighted by molar-refractivity contribution is -0.131. The summed E-state index contributed by atoms with van der Waals surface area (Å²) in [6.07, 6.45) is 3.94. The zero-order chi connectivity index (χ0) is 16.9. The zero-order valence-corrected chi connectivity index (χ0v) is 13.9. The van der Waals surface area contributed by atoms with Gasteiger partial charge < -0.3 is 14.3 Å². The molecule has 0 bridgehead atoms. The molecular formula is C19H23NO4. The number of carbonyl (C=O) groups is 1. The van der Waals surface area contributed by atoms with Gasteiger partial charge in [-0.3, -0.25) is 9.69 Å². The molecule has 2 aromatic rings. The third-order valence-electron chi connectivity index (χ3n) is 4.44. The van der Waals surface area contributed by atoms with E-state index in [9.17, 15) is 9.90 Å². The summed E-state index contributed by atoms with van der Waals surface area (Å²) in [5.74, 6) is 0.888. The minimum absolute atomic E-state index is 0.311. The van der Waals surface area contributed by atoms with E-state index in [1.807, 2.05) is 30.3 Å². The number of aliphatic hydroxyl groups excluding tert-OH is 1.